The predicted molar refractivity (Wildman–Crippen MR) is 127 cm³/mol. The summed E-state index contributed by atoms with van der Waals surface area (Å²) in [7, 11) is 0. The molecule has 1 amide bonds. The number of imidazole rings is 1. The molecule has 3 aromatic rings. The Kier molecular flexibility index (Phi) is 6.54. The third kappa shape index (κ3) is 5.30. The normalized spacial score (nSPS) is 16.5. The Morgan fingerprint density at radius 1 is 1.16 bits per heavy atom. The SMILES string of the molecule is CC(C)(C)OC(=O)N1CCC(COc2nc3ccccc3n2Cc2ccc(Cl)c(Cl)c2)C1. The van der Waals surface area contributed by atoms with Gasteiger partial charge in [-0.25, -0.2) is 4.79 Å². The molecule has 0 saturated carbocycles. The Morgan fingerprint density at radius 3 is 2.69 bits per heavy atom. The van der Waals surface area contributed by atoms with Crippen molar-refractivity contribution in [1.82, 2.24) is 14.5 Å². The van der Waals surface area contributed by atoms with Crippen LogP contribution in [0.3, 0.4) is 0 Å². The lowest BCUT2D eigenvalue weighted by atomic mass is 10.1. The molecule has 0 radical (unpaired) electrons. The molecule has 8 heteroatoms. The number of para-hydroxylation sites is 2. The van der Waals surface area contributed by atoms with Crippen LogP contribution >= 0.6 is 23.2 Å². The van der Waals surface area contributed by atoms with Crippen LogP contribution in [-0.2, 0) is 11.3 Å². The summed E-state index contributed by atoms with van der Waals surface area (Å²) < 4.78 is 13.7. The van der Waals surface area contributed by atoms with Gasteiger partial charge in [-0.05, 0) is 57.0 Å². The Bertz CT molecular complexity index is 1120. The predicted octanol–water partition coefficient (Wildman–Crippen LogP) is 6.03. The molecule has 1 aliphatic rings. The fourth-order valence-electron chi connectivity index (χ4n) is 3.79. The zero-order chi connectivity index (χ0) is 22.9. The molecule has 6 nitrogen and oxygen atoms in total. The summed E-state index contributed by atoms with van der Waals surface area (Å²) in [6.45, 7) is 7.94. The van der Waals surface area contributed by atoms with Gasteiger partial charge in [-0.3, -0.25) is 4.57 Å². The van der Waals surface area contributed by atoms with Crippen LogP contribution in [0, 0.1) is 5.92 Å². The van der Waals surface area contributed by atoms with Crippen molar-refractivity contribution in [1.29, 1.82) is 0 Å². The van der Waals surface area contributed by atoms with Gasteiger partial charge in [0.25, 0.3) is 6.01 Å². The van der Waals surface area contributed by atoms with Crippen LogP contribution in [0.5, 0.6) is 6.01 Å². The summed E-state index contributed by atoms with van der Waals surface area (Å²) >= 11 is 12.3. The van der Waals surface area contributed by atoms with Crippen molar-refractivity contribution in [3.63, 3.8) is 0 Å². The molecule has 170 valence electrons. The number of carbonyl (C=O) groups is 1. The molecule has 0 aliphatic carbocycles. The summed E-state index contributed by atoms with van der Waals surface area (Å²) in [6.07, 6.45) is 0.596. The standard InChI is InChI=1S/C24H27Cl2N3O3/c1-24(2,3)32-23(30)28-11-10-17(13-28)15-31-22-27-20-6-4-5-7-21(20)29(22)14-16-8-9-18(25)19(26)12-16/h4-9,12,17H,10-11,13-15H2,1-3H3. The van der Waals surface area contributed by atoms with Gasteiger partial charge in [0, 0.05) is 19.0 Å². The van der Waals surface area contributed by atoms with Crippen LogP contribution in [0.2, 0.25) is 10.0 Å². The minimum Gasteiger partial charge on any atom is -0.464 e. The number of halogens is 2. The van der Waals surface area contributed by atoms with E-state index in [1.165, 1.54) is 0 Å². The van der Waals surface area contributed by atoms with Gasteiger partial charge < -0.3 is 14.4 Å². The fraction of sp³-hybridized carbons (Fsp3) is 0.417. The molecular weight excluding hydrogens is 449 g/mol. The average Bonchev–Trinajstić information content (AvgIpc) is 3.33. The van der Waals surface area contributed by atoms with E-state index < -0.39 is 5.60 Å². The fourth-order valence-corrected chi connectivity index (χ4v) is 4.11. The van der Waals surface area contributed by atoms with Crippen molar-refractivity contribution in [2.75, 3.05) is 19.7 Å². The van der Waals surface area contributed by atoms with Crippen molar-refractivity contribution in [2.24, 2.45) is 5.92 Å². The van der Waals surface area contributed by atoms with Gasteiger partial charge in [0.1, 0.15) is 5.60 Å². The smallest absolute Gasteiger partial charge is 0.410 e. The number of rotatable bonds is 5. The van der Waals surface area contributed by atoms with E-state index in [2.05, 4.69) is 4.98 Å². The lowest BCUT2D eigenvalue weighted by Gasteiger charge is -2.24. The molecule has 1 unspecified atom stereocenters. The summed E-state index contributed by atoms with van der Waals surface area (Å²) in [5, 5.41) is 1.04. The maximum Gasteiger partial charge on any atom is 0.410 e. The Morgan fingerprint density at radius 2 is 1.94 bits per heavy atom. The molecule has 2 aromatic carbocycles. The molecule has 2 heterocycles. The maximum atomic E-state index is 12.3. The van der Waals surface area contributed by atoms with Crippen LogP contribution in [0.1, 0.15) is 32.8 Å². The van der Waals surface area contributed by atoms with Gasteiger partial charge in [0.15, 0.2) is 0 Å². The van der Waals surface area contributed by atoms with E-state index in [1.54, 1.807) is 11.0 Å². The molecule has 32 heavy (non-hydrogen) atoms. The number of hydrogen-bond acceptors (Lipinski definition) is 4. The zero-order valence-corrected chi connectivity index (χ0v) is 20.0. The number of carbonyl (C=O) groups excluding carboxylic acids is 1. The summed E-state index contributed by atoms with van der Waals surface area (Å²) in [6, 6.07) is 14.1. The van der Waals surface area contributed by atoms with Gasteiger partial charge in [-0.2, -0.15) is 4.98 Å². The van der Waals surface area contributed by atoms with Gasteiger partial charge in [-0.15, -0.1) is 0 Å². The minimum atomic E-state index is -0.499. The van der Waals surface area contributed by atoms with Crippen molar-refractivity contribution in [3.8, 4) is 6.01 Å². The van der Waals surface area contributed by atoms with E-state index in [4.69, 9.17) is 32.7 Å². The molecule has 1 saturated heterocycles. The Balaban J connectivity index is 1.47. The first-order valence-corrected chi connectivity index (χ1v) is 11.4. The maximum absolute atomic E-state index is 12.3. The van der Waals surface area contributed by atoms with E-state index >= 15 is 0 Å². The highest BCUT2D eigenvalue weighted by Gasteiger charge is 2.30. The summed E-state index contributed by atoms with van der Waals surface area (Å²) in [4.78, 5) is 18.8. The minimum absolute atomic E-state index is 0.223. The first-order chi connectivity index (χ1) is 15.2. The molecule has 0 bridgehead atoms. The second-order valence-corrected chi connectivity index (χ2v) is 9.92. The summed E-state index contributed by atoms with van der Waals surface area (Å²) in [5.41, 5.74) is 2.35. The molecule has 0 spiro atoms. The van der Waals surface area contributed by atoms with E-state index in [-0.39, 0.29) is 12.0 Å². The van der Waals surface area contributed by atoms with Crippen LogP contribution in [-0.4, -0.2) is 45.8 Å². The number of likely N-dealkylation sites (tertiary alicyclic amines) is 1. The highest BCUT2D eigenvalue weighted by molar-refractivity contribution is 6.42. The second kappa shape index (κ2) is 9.20. The highest BCUT2D eigenvalue weighted by atomic mass is 35.5. The quantitative estimate of drug-likeness (QED) is 0.452. The number of nitrogens with zero attached hydrogens (tertiary/aromatic N) is 3. The first kappa shape index (κ1) is 22.7. The van der Waals surface area contributed by atoms with E-state index in [0.717, 1.165) is 23.0 Å². The van der Waals surface area contributed by atoms with Crippen LogP contribution in [0.25, 0.3) is 11.0 Å². The lowest BCUT2D eigenvalue weighted by Crippen LogP contribution is -2.35. The third-order valence-electron chi connectivity index (χ3n) is 5.33. The molecule has 1 aromatic heterocycles. The lowest BCUT2D eigenvalue weighted by molar-refractivity contribution is 0.0284. The van der Waals surface area contributed by atoms with Gasteiger partial charge in [0.05, 0.1) is 34.2 Å². The molecular formula is C24H27Cl2N3O3. The molecule has 1 atom stereocenters. The first-order valence-electron chi connectivity index (χ1n) is 10.7. The van der Waals surface area contributed by atoms with E-state index in [0.29, 0.717) is 42.3 Å². The zero-order valence-electron chi connectivity index (χ0n) is 18.5. The number of aromatic nitrogens is 2. The monoisotopic (exact) mass is 475 g/mol. The van der Waals surface area contributed by atoms with E-state index in [9.17, 15) is 4.79 Å². The number of hydrogen-bond donors (Lipinski definition) is 0. The third-order valence-corrected chi connectivity index (χ3v) is 6.07. The van der Waals surface area contributed by atoms with Crippen molar-refractivity contribution in [3.05, 3.63) is 58.1 Å². The van der Waals surface area contributed by atoms with Crippen molar-refractivity contribution >= 4 is 40.3 Å². The topological polar surface area (TPSA) is 56.6 Å². The van der Waals surface area contributed by atoms with Crippen LogP contribution in [0.15, 0.2) is 42.5 Å². The Hall–Kier alpha value is -2.44. The van der Waals surface area contributed by atoms with Crippen LogP contribution < -0.4 is 4.74 Å². The summed E-state index contributed by atoms with van der Waals surface area (Å²) in [5.74, 6) is 0.223. The van der Waals surface area contributed by atoms with E-state index in [1.807, 2.05) is 61.7 Å². The largest absolute Gasteiger partial charge is 0.464 e. The second-order valence-electron chi connectivity index (χ2n) is 9.11. The van der Waals surface area contributed by atoms with Gasteiger partial charge >= 0.3 is 6.09 Å². The Labute approximate surface area is 198 Å². The highest BCUT2D eigenvalue weighted by Crippen LogP contribution is 2.27. The van der Waals surface area contributed by atoms with Gasteiger partial charge in [0.2, 0.25) is 0 Å². The van der Waals surface area contributed by atoms with Crippen LogP contribution in [0.4, 0.5) is 4.79 Å². The number of ether oxygens (including phenoxy) is 2. The van der Waals surface area contributed by atoms with Gasteiger partial charge in [-0.1, -0.05) is 41.4 Å². The van der Waals surface area contributed by atoms with Crippen molar-refractivity contribution < 1.29 is 14.3 Å². The molecule has 1 fully saturated rings. The number of amides is 1. The average molecular weight is 476 g/mol. The molecule has 0 N–H and O–H groups in total. The number of fused-ring (bicyclic) bond motifs is 1. The van der Waals surface area contributed by atoms with Crippen molar-refractivity contribution in [2.45, 2.75) is 39.3 Å². The molecule has 4 rings (SSSR count). The number of benzene rings is 2. The molecule has 1 aliphatic heterocycles.